The average molecular weight is 542 g/mol. The van der Waals surface area contributed by atoms with E-state index >= 15 is 0 Å². The van der Waals surface area contributed by atoms with Gasteiger partial charge in [-0.1, -0.05) is 13.0 Å². The highest BCUT2D eigenvalue weighted by molar-refractivity contribution is 6.04. The number of methoxy groups -OCH3 is 1. The monoisotopic (exact) mass is 541 g/mol. The van der Waals surface area contributed by atoms with Gasteiger partial charge in [-0.25, -0.2) is 9.59 Å². The van der Waals surface area contributed by atoms with E-state index in [1.165, 1.54) is 4.90 Å². The number of carbonyl (C=O) groups excluding carboxylic acids is 3. The second-order valence-corrected chi connectivity index (χ2v) is 10.1. The maximum Gasteiger partial charge on any atom is 0.323 e. The van der Waals surface area contributed by atoms with Crippen molar-refractivity contribution < 1.29 is 29.0 Å². The van der Waals surface area contributed by atoms with Crippen LogP contribution in [0.5, 0.6) is 11.5 Å². The summed E-state index contributed by atoms with van der Waals surface area (Å²) in [6, 6.07) is 10.6. The molecule has 0 aromatic heterocycles. The van der Waals surface area contributed by atoms with Crippen LogP contribution >= 0.6 is 0 Å². The van der Waals surface area contributed by atoms with Crippen molar-refractivity contribution in [3.8, 4) is 11.5 Å². The molecule has 5 amide bonds. The van der Waals surface area contributed by atoms with Gasteiger partial charge in [-0.2, -0.15) is 0 Å². The van der Waals surface area contributed by atoms with Crippen molar-refractivity contribution in [1.82, 2.24) is 15.1 Å². The molecular formula is C28H39N5O6. The Morgan fingerprint density at radius 1 is 1.15 bits per heavy atom. The average Bonchev–Trinajstić information content (AvgIpc) is 2.90. The Bertz CT molecular complexity index is 1160. The molecule has 0 saturated heterocycles. The van der Waals surface area contributed by atoms with Gasteiger partial charge in [0.15, 0.2) is 5.75 Å². The summed E-state index contributed by atoms with van der Waals surface area (Å²) in [5.74, 6) is 0.344. The lowest BCUT2D eigenvalue weighted by molar-refractivity contribution is 0.0368. The van der Waals surface area contributed by atoms with Crippen molar-refractivity contribution in [3.63, 3.8) is 0 Å². The van der Waals surface area contributed by atoms with Crippen LogP contribution in [-0.2, 0) is 0 Å². The number of aliphatic hydroxyl groups excluding tert-OH is 1. The largest absolute Gasteiger partial charge is 0.497 e. The van der Waals surface area contributed by atoms with Gasteiger partial charge in [-0.15, -0.1) is 0 Å². The van der Waals surface area contributed by atoms with E-state index in [0.29, 0.717) is 23.7 Å². The maximum atomic E-state index is 13.6. The standard InChI is InChI=1S/C28H39N5O6/c1-17(2)29-28(37)32(5)15-24-18(3)14-33(19(4)16-34)26(35)22-8-7-9-23(25(22)39-24)31-27(36)30-20-10-12-21(38-6)13-11-20/h7-13,17-19,24,34H,14-16H2,1-6H3,(H,29,37)(H2,30,31,36)/t18-,19+,24-/m0/s1. The van der Waals surface area contributed by atoms with Crippen LogP contribution in [0.1, 0.15) is 38.1 Å². The third-order valence-electron chi connectivity index (χ3n) is 6.50. The molecule has 2 aromatic carbocycles. The predicted octanol–water partition coefficient (Wildman–Crippen LogP) is 3.61. The SMILES string of the molecule is COc1ccc(NC(=O)Nc2cccc3c2O[C@@H](CN(C)C(=O)NC(C)C)[C@@H](C)CN([C@H](C)CO)C3=O)cc1. The molecule has 1 aliphatic heterocycles. The lowest BCUT2D eigenvalue weighted by Crippen LogP contribution is -2.51. The molecule has 39 heavy (non-hydrogen) atoms. The van der Waals surface area contributed by atoms with Crippen LogP contribution in [-0.4, -0.2) is 84.9 Å². The van der Waals surface area contributed by atoms with Gasteiger partial charge in [-0.3, -0.25) is 4.79 Å². The number of carbonyl (C=O) groups is 3. The van der Waals surface area contributed by atoms with Gasteiger partial charge in [0.2, 0.25) is 0 Å². The number of hydrogen-bond donors (Lipinski definition) is 4. The number of amides is 5. The third kappa shape index (κ3) is 7.53. The number of benzene rings is 2. The van der Waals surface area contributed by atoms with E-state index in [9.17, 15) is 19.5 Å². The number of anilines is 2. The molecule has 0 spiro atoms. The van der Waals surface area contributed by atoms with Crippen LogP contribution in [0.3, 0.4) is 0 Å². The number of likely N-dealkylation sites (N-methyl/N-ethyl adjacent to an activating group) is 1. The van der Waals surface area contributed by atoms with E-state index in [1.54, 1.807) is 68.4 Å². The van der Waals surface area contributed by atoms with Crippen LogP contribution in [0.4, 0.5) is 21.0 Å². The minimum absolute atomic E-state index is 0.0325. The van der Waals surface area contributed by atoms with Crippen molar-refractivity contribution in [1.29, 1.82) is 0 Å². The van der Waals surface area contributed by atoms with Gasteiger partial charge >= 0.3 is 12.1 Å². The first-order valence-electron chi connectivity index (χ1n) is 13.0. The van der Waals surface area contributed by atoms with Crippen LogP contribution in [0.2, 0.25) is 0 Å². The summed E-state index contributed by atoms with van der Waals surface area (Å²) in [6.45, 7) is 7.81. The quantitative estimate of drug-likeness (QED) is 0.404. The highest BCUT2D eigenvalue weighted by Crippen LogP contribution is 2.35. The normalized spacial score (nSPS) is 17.7. The first kappa shape index (κ1) is 29.6. The smallest absolute Gasteiger partial charge is 0.323 e. The Labute approximate surface area is 229 Å². The summed E-state index contributed by atoms with van der Waals surface area (Å²) < 4.78 is 11.6. The third-order valence-corrected chi connectivity index (χ3v) is 6.50. The molecule has 0 fully saturated rings. The van der Waals surface area contributed by atoms with E-state index in [0.717, 1.165) is 0 Å². The molecule has 3 rings (SSSR count). The summed E-state index contributed by atoms with van der Waals surface area (Å²) in [4.78, 5) is 42.3. The fourth-order valence-corrected chi connectivity index (χ4v) is 4.23. The molecule has 0 unspecified atom stereocenters. The number of urea groups is 2. The predicted molar refractivity (Wildman–Crippen MR) is 150 cm³/mol. The molecule has 3 atom stereocenters. The first-order valence-corrected chi connectivity index (χ1v) is 13.0. The van der Waals surface area contributed by atoms with Gasteiger partial charge < -0.3 is 40.3 Å². The summed E-state index contributed by atoms with van der Waals surface area (Å²) in [6.07, 6.45) is -0.513. The topological polar surface area (TPSA) is 132 Å². The summed E-state index contributed by atoms with van der Waals surface area (Å²) in [5, 5.41) is 18.3. The number of hydrogen-bond acceptors (Lipinski definition) is 6. The van der Waals surface area contributed by atoms with Crippen LogP contribution < -0.4 is 25.4 Å². The molecule has 0 bridgehead atoms. The van der Waals surface area contributed by atoms with Crippen molar-refractivity contribution in [2.75, 3.05) is 44.5 Å². The summed E-state index contributed by atoms with van der Waals surface area (Å²) in [7, 11) is 3.24. The number of rotatable bonds is 8. The van der Waals surface area contributed by atoms with Gasteiger partial charge in [0.1, 0.15) is 11.9 Å². The van der Waals surface area contributed by atoms with E-state index in [2.05, 4.69) is 16.0 Å². The Morgan fingerprint density at radius 2 is 1.85 bits per heavy atom. The maximum absolute atomic E-state index is 13.6. The van der Waals surface area contributed by atoms with E-state index in [-0.39, 0.29) is 48.4 Å². The molecule has 1 heterocycles. The van der Waals surface area contributed by atoms with Crippen LogP contribution in [0.25, 0.3) is 0 Å². The Morgan fingerprint density at radius 3 is 2.46 bits per heavy atom. The molecule has 0 saturated carbocycles. The molecule has 0 aliphatic carbocycles. The summed E-state index contributed by atoms with van der Waals surface area (Å²) >= 11 is 0. The van der Waals surface area contributed by atoms with Crippen molar-refractivity contribution in [2.24, 2.45) is 5.92 Å². The fourth-order valence-electron chi connectivity index (χ4n) is 4.23. The molecule has 1 aliphatic rings. The number of ether oxygens (including phenoxy) is 2. The second-order valence-electron chi connectivity index (χ2n) is 10.1. The first-order chi connectivity index (χ1) is 18.5. The summed E-state index contributed by atoms with van der Waals surface area (Å²) in [5.41, 5.74) is 1.11. The van der Waals surface area contributed by atoms with Gasteiger partial charge in [0.25, 0.3) is 5.91 Å². The minimum Gasteiger partial charge on any atom is -0.497 e. The molecular weight excluding hydrogens is 502 g/mol. The highest BCUT2D eigenvalue weighted by Gasteiger charge is 2.35. The highest BCUT2D eigenvalue weighted by atomic mass is 16.5. The van der Waals surface area contributed by atoms with Crippen molar-refractivity contribution in [2.45, 2.75) is 45.9 Å². The Hall–Kier alpha value is -3.99. The molecule has 11 nitrogen and oxygen atoms in total. The van der Waals surface area contributed by atoms with Crippen LogP contribution in [0.15, 0.2) is 42.5 Å². The fraction of sp³-hybridized carbons (Fsp3) is 0.464. The number of para-hydroxylation sites is 1. The molecule has 11 heteroatoms. The number of nitrogens with one attached hydrogen (secondary N) is 3. The zero-order valence-electron chi connectivity index (χ0n) is 23.4. The Kier molecular flexibility index (Phi) is 10.00. The van der Waals surface area contributed by atoms with Crippen molar-refractivity contribution in [3.05, 3.63) is 48.0 Å². The van der Waals surface area contributed by atoms with Crippen LogP contribution in [0, 0.1) is 5.92 Å². The minimum atomic E-state index is -0.523. The molecule has 212 valence electrons. The zero-order valence-corrected chi connectivity index (χ0v) is 23.4. The lowest BCUT2D eigenvalue weighted by Gasteiger charge is -2.38. The second kappa shape index (κ2) is 13.2. The van der Waals surface area contributed by atoms with Crippen molar-refractivity contribution >= 4 is 29.3 Å². The van der Waals surface area contributed by atoms with E-state index < -0.39 is 18.2 Å². The Balaban J connectivity index is 1.93. The van der Waals surface area contributed by atoms with E-state index in [1.807, 2.05) is 20.8 Å². The van der Waals surface area contributed by atoms with Gasteiger partial charge in [0, 0.05) is 31.2 Å². The zero-order chi connectivity index (χ0) is 28.7. The number of aliphatic hydroxyl groups is 1. The molecule has 4 N–H and O–H groups in total. The van der Waals surface area contributed by atoms with E-state index in [4.69, 9.17) is 9.47 Å². The molecule has 2 aromatic rings. The number of nitrogens with zero attached hydrogens (tertiary/aromatic N) is 2. The lowest BCUT2D eigenvalue weighted by atomic mass is 9.99. The van der Waals surface area contributed by atoms with Gasteiger partial charge in [0.05, 0.1) is 37.6 Å². The molecule has 0 radical (unpaired) electrons. The van der Waals surface area contributed by atoms with Gasteiger partial charge in [-0.05, 0) is 57.2 Å². The number of fused-ring (bicyclic) bond motifs is 1.